The molecule has 15 heavy (non-hydrogen) atoms. The Bertz CT molecular complexity index is 682. The van der Waals surface area contributed by atoms with Gasteiger partial charge in [0.1, 0.15) is 21.9 Å². The first-order valence-electron chi connectivity index (χ1n) is 4.08. The van der Waals surface area contributed by atoms with Crippen LogP contribution in [0.15, 0.2) is 12.1 Å². The van der Waals surface area contributed by atoms with Crippen LogP contribution in [0.4, 0.5) is 0 Å². The largest absolute Gasteiger partial charge is 0.192 e. The monoisotopic (exact) mass is 246 g/mol. The molecule has 0 amide bonds. The van der Waals surface area contributed by atoms with E-state index in [0.717, 1.165) is 24.5 Å². The molecule has 3 aromatic rings. The topological polar surface area (TPSA) is 47.6 Å². The first kappa shape index (κ1) is 8.87. The lowest BCUT2D eigenvalue weighted by atomic mass is 10.3. The van der Waals surface area contributed by atoms with Gasteiger partial charge in [0.2, 0.25) is 0 Å². The van der Waals surface area contributed by atoms with Gasteiger partial charge in [0.05, 0.1) is 8.71 Å². The molecule has 0 aliphatic carbocycles. The molecule has 3 rings (SSSR count). The van der Waals surface area contributed by atoms with Crippen molar-refractivity contribution in [3.05, 3.63) is 21.9 Å². The molecular weight excluding hydrogens is 244 g/mol. The number of hydrogen-bond acceptors (Lipinski definition) is 5. The van der Waals surface area contributed by atoms with E-state index in [4.69, 9.17) is 10.5 Å². The number of fused-ring (bicyclic) bond motifs is 3. The van der Waals surface area contributed by atoms with Gasteiger partial charge in [-0.05, 0) is 12.1 Å². The van der Waals surface area contributed by atoms with Crippen LogP contribution in [0, 0.1) is 22.7 Å². The Hall–Kier alpha value is -1.40. The molecule has 70 valence electrons. The zero-order valence-electron chi connectivity index (χ0n) is 7.27. The van der Waals surface area contributed by atoms with E-state index in [-0.39, 0.29) is 0 Å². The zero-order valence-corrected chi connectivity index (χ0v) is 9.72. The quantitative estimate of drug-likeness (QED) is 0.603. The van der Waals surface area contributed by atoms with Crippen LogP contribution in [0.25, 0.3) is 18.8 Å². The minimum atomic E-state index is 0.739. The highest BCUT2D eigenvalue weighted by molar-refractivity contribution is 7.44. The second-order valence-corrected chi connectivity index (χ2v) is 6.36. The molecule has 0 saturated heterocycles. The molecule has 2 nitrogen and oxygen atoms in total. The highest BCUT2D eigenvalue weighted by Crippen LogP contribution is 2.43. The number of rotatable bonds is 0. The average molecular weight is 246 g/mol. The van der Waals surface area contributed by atoms with Crippen LogP contribution in [0.2, 0.25) is 0 Å². The Morgan fingerprint density at radius 1 is 0.933 bits per heavy atom. The van der Waals surface area contributed by atoms with E-state index >= 15 is 0 Å². The maximum atomic E-state index is 8.80. The molecule has 0 N–H and O–H groups in total. The average Bonchev–Trinajstić information content (AvgIpc) is 2.85. The Morgan fingerprint density at radius 2 is 1.67 bits per heavy atom. The van der Waals surface area contributed by atoms with Crippen molar-refractivity contribution in [3.8, 4) is 12.1 Å². The van der Waals surface area contributed by atoms with E-state index in [1.54, 1.807) is 11.3 Å². The SMILES string of the molecule is N#Cc1cc2c(s1)sc1cc(C#N)sc12. The molecule has 0 atom stereocenters. The van der Waals surface area contributed by atoms with Crippen molar-refractivity contribution >= 4 is 52.8 Å². The van der Waals surface area contributed by atoms with Crippen LogP contribution in [0.5, 0.6) is 0 Å². The fraction of sp³-hybridized carbons (Fsp3) is 0. The van der Waals surface area contributed by atoms with Gasteiger partial charge in [-0.3, -0.25) is 0 Å². The summed E-state index contributed by atoms with van der Waals surface area (Å²) in [5.74, 6) is 0. The van der Waals surface area contributed by atoms with Crippen molar-refractivity contribution in [2.24, 2.45) is 0 Å². The summed E-state index contributed by atoms with van der Waals surface area (Å²) in [5.41, 5.74) is 0. The van der Waals surface area contributed by atoms with Gasteiger partial charge in [-0.15, -0.1) is 34.0 Å². The second-order valence-electron chi connectivity index (χ2n) is 2.94. The van der Waals surface area contributed by atoms with Crippen LogP contribution in [0.1, 0.15) is 9.75 Å². The summed E-state index contributed by atoms with van der Waals surface area (Å²) < 4.78 is 3.48. The van der Waals surface area contributed by atoms with E-state index in [0.29, 0.717) is 0 Å². The van der Waals surface area contributed by atoms with Crippen LogP contribution in [-0.4, -0.2) is 0 Å². The van der Waals surface area contributed by atoms with Crippen molar-refractivity contribution in [2.75, 3.05) is 0 Å². The Morgan fingerprint density at radius 3 is 2.40 bits per heavy atom. The summed E-state index contributed by atoms with van der Waals surface area (Å²) in [6.07, 6.45) is 0. The Kier molecular flexibility index (Phi) is 1.80. The maximum Gasteiger partial charge on any atom is 0.110 e. The highest BCUT2D eigenvalue weighted by Gasteiger charge is 2.12. The number of nitrogens with zero attached hydrogens (tertiary/aromatic N) is 2. The van der Waals surface area contributed by atoms with Gasteiger partial charge in [0.15, 0.2) is 0 Å². The van der Waals surface area contributed by atoms with Crippen molar-refractivity contribution in [2.45, 2.75) is 0 Å². The third-order valence-corrected chi connectivity index (χ3v) is 5.55. The number of nitriles is 2. The van der Waals surface area contributed by atoms with Crippen molar-refractivity contribution in [1.82, 2.24) is 0 Å². The van der Waals surface area contributed by atoms with Crippen LogP contribution in [0.3, 0.4) is 0 Å². The summed E-state index contributed by atoms with van der Waals surface area (Å²) in [7, 11) is 0. The van der Waals surface area contributed by atoms with Gasteiger partial charge in [-0.1, -0.05) is 0 Å². The maximum absolute atomic E-state index is 8.80. The molecule has 0 saturated carbocycles. The summed E-state index contributed by atoms with van der Waals surface area (Å²) in [6.45, 7) is 0. The normalized spacial score (nSPS) is 10.5. The smallest absolute Gasteiger partial charge is 0.110 e. The lowest BCUT2D eigenvalue weighted by Gasteiger charge is -1.74. The molecule has 0 unspecified atom stereocenters. The number of hydrogen-bond donors (Lipinski definition) is 0. The lowest BCUT2D eigenvalue weighted by molar-refractivity contribution is 1.52. The third kappa shape index (κ3) is 1.18. The molecule has 0 spiro atoms. The predicted molar refractivity (Wildman–Crippen MR) is 64.5 cm³/mol. The van der Waals surface area contributed by atoms with Crippen molar-refractivity contribution in [3.63, 3.8) is 0 Å². The van der Waals surface area contributed by atoms with Gasteiger partial charge in [-0.2, -0.15) is 10.5 Å². The summed E-state index contributed by atoms with van der Waals surface area (Å²) in [6, 6.07) is 8.14. The minimum Gasteiger partial charge on any atom is -0.192 e. The van der Waals surface area contributed by atoms with Crippen LogP contribution < -0.4 is 0 Å². The van der Waals surface area contributed by atoms with E-state index < -0.39 is 0 Å². The second kappa shape index (κ2) is 3.04. The molecule has 0 aromatic carbocycles. The molecular formula is C10H2N2S3. The summed E-state index contributed by atoms with van der Waals surface area (Å²) in [4.78, 5) is 1.48. The first-order valence-corrected chi connectivity index (χ1v) is 6.53. The van der Waals surface area contributed by atoms with Crippen molar-refractivity contribution < 1.29 is 0 Å². The van der Waals surface area contributed by atoms with Gasteiger partial charge in [0, 0.05) is 10.1 Å². The van der Waals surface area contributed by atoms with E-state index in [2.05, 4.69) is 12.1 Å². The summed E-state index contributed by atoms with van der Waals surface area (Å²) >= 11 is 4.69. The van der Waals surface area contributed by atoms with Crippen molar-refractivity contribution in [1.29, 1.82) is 10.5 Å². The Labute approximate surface area is 97.2 Å². The van der Waals surface area contributed by atoms with Gasteiger partial charge in [0.25, 0.3) is 0 Å². The fourth-order valence-corrected chi connectivity index (χ4v) is 5.03. The standard InChI is InChI=1S/C10H2N2S3/c11-3-5-1-7-9-8(15-10(7)14-5)2-6(4-12)13-9/h1-2H. The minimum absolute atomic E-state index is 0.739. The highest BCUT2D eigenvalue weighted by atomic mass is 32.2. The van der Waals surface area contributed by atoms with Crippen LogP contribution in [-0.2, 0) is 0 Å². The first-order chi connectivity index (χ1) is 7.31. The molecule has 5 heteroatoms. The molecule has 0 aliphatic rings. The van der Waals surface area contributed by atoms with Gasteiger partial charge in [-0.25, -0.2) is 0 Å². The lowest BCUT2D eigenvalue weighted by Crippen LogP contribution is -1.54. The molecule has 0 fully saturated rings. The molecule has 0 bridgehead atoms. The van der Waals surface area contributed by atoms with E-state index in [9.17, 15) is 0 Å². The summed E-state index contributed by atoms with van der Waals surface area (Å²) in [5, 5.41) is 18.7. The predicted octanol–water partition coefficient (Wildman–Crippen LogP) is 3.92. The zero-order chi connectivity index (χ0) is 10.4. The van der Waals surface area contributed by atoms with Crippen LogP contribution >= 0.6 is 34.0 Å². The van der Waals surface area contributed by atoms with E-state index in [1.807, 2.05) is 12.1 Å². The van der Waals surface area contributed by atoms with E-state index in [1.165, 1.54) is 26.7 Å². The third-order valence-electron chi connectivity index (χ3n) is 2.06. The molecule has 3 heterocycles. The molecule has 3 aromatic heterocycles. The Balaban J connectivity index is 2.44. The molecule has 0 aliphatic heterocycles. The fourth-order valence-electron chi connectivity index (χ4n) is 1.46. The number of thiophene rings is 3. The molecule has 0 radical (unpaired) electrons. The van der Waals surface area contributed by atoms with Gasteiger partial charge < -0.3 is 0 Å². The van der Waals surface area contributed by atoms with Gasteiger partial charge >= 0.3 is 0 Å².